The van der Waals surface area contributed by atoms with Gasteiger partial charge in [0, 0.05) is 67.9 Å². The Morgan fingerprint density at radius 1 is 1.02 bits per heavy atom. The Bertz CT molecular complexity index is 1490. The number of benzene rings is 2. The lowest BCUT2D eigenvalue weighted by Gasteiger charge is -2.43. The van der Waals surface area contributed by atoms with Gasteiger partial charge in [-0.25, -0.2) is 9.97 Å². The third kappa shape index (κ3) is 7.03. The average Bonchev–Trinajstić information content (AvgIpc) is 3.01. The number of anilines is 4. The number of aromatic nitrogens is 2. The SMILES string of the molecule is C=CC(=O)Nc1cccc(-c2nc(Nc3ccc(N4CCC(N5CCN(C)CC5)CC4)c(C)c3)c(C(N)=O)nc2CC)c1. The average molecular weight is 583 g/mol. The second-order valence-electron chi connectivity index (χ2n) is 11.4. The number of nitrogens with zero attached hydrogens (tertiary/aromatic N) is 5. The number of amides is 2. The summed E-state index contributed by atoms with van der Waals surface area (Å²) in [5, 5.41) is 6.09. The molecule has 43 heavy (non-hydrogen) atoms. The highest BCUT2D eigenvalue weighted by atomic mass is 16.1. The molecule has 0 atom stereocenters. The van der Waals surface area contributed by atoms with E-state index in [0.717, 1.165) is 56.1 Å². The van der Waals surface area contributed by atoms with Crippen molar-refractivity contribution in [1.82, 2.24) is 19.8 Å². The minimum Gasteiger partial charge on any atom is -0.371 e. The zero-order valence-electron chi connectivity index (χ0n) is 25.4. The Kier molecular flexibility index (Phi) is 9.37. The lowest BCUT2D eigenvalue weighted by atomic mass is 10.0. The molecule has 2 fully saturated rings. The Hall–Kier alpha value is -4.28. The first kappa shape index (κ1) is 30.2. The lowest BCUT2D eigenvalue weighted by Crippen LogP contribution is -2.52. The number of piperidine rings is 1. The predicted molar refractivity (Wildman–Crippen MR) is 173 cm³/mol. The zero-order valence-corrected chi connectivity index (χ0v) is 25.4. The molecule has 10 nitrogen and oxygen atoms in total. The van der Waals surface area contributed by atoms with Gasteiger partial charge in [-0.15, -0.1) is 0 Å². The van der Waals surface area contributed by atoms with Gasteiger partial charge in [0.2, 0.25) is 5.91 Å². The Labute approximate surface area is 254 Å². The number of nitrogens with two attached hydrogens (primary N) is 1. The van der Waals surface area contributed by atoms with E-state index < -0.39 is 5.91 Å². The molecule has 3 heterocycles. The highest BCUT2D eigenvalue weighted by Crippen LogP contribution is 2.31. The van der Waals surface area contributed by atoms with Crippen molar-refractivity contribution in [3.05, 3.63) is 72.1 Å². The molecule has 3 aromatic rings. The minimum atomic E-state index is -0.653. The number of hydrogen-bond acceptors (Lipinski definition) is 8. The fourth-order valence-corrected chi connectivity index (χ4v) is 6.03. The molecule has 2 saturated heterocycles. The van der Waals surface area contributed by atoms with Gasteiger partial charge in [-0.3, -0.25) is 14.5 Å². The van der Waals surface area contributed by atoms with Crippen molar-refractivity contribution in [1.29, 1.82) is 0 Å². The quantitative estimate of drug-likeness (QED) is 0.321. The molecule has 2 aromatic carbocycles. The smallest absolute Gasteiger partial charge is 0.271 e. The number of carbonyl (C=O) groups excluding carboxylic acids is 2. The largest absolute Gasteiger partial charge is 0.371 e. The molecular weight excluding hydrogens is 540 g/mol. The van der Waals surface area contributed by atoms with Crippen LogP contribution in [0, 0.1) is 6.92 Å². The summed E-state index contributed by atoms with van der Waals surface area (Å²) in [5.74, 6) is -0.663. The predicted octanol–water partition coefficient (Wildman–Crippen LogP) is 4.20. The molecule has 0 radical (unpaired) electrons. The third-order valence-corrected chi connectivity index (χ3v) is 8.44. The molecule has 0 bridgehead atoms. The van der Waals surface area contributed by atoms with Crippen LogP contribution in [0.5, 0.6) is 0 Å². The summed E-state index contributed by atoms with van der Waals surface area (Å²) in [7, 11) is 2.20. The monoisotopic (exact) mass is 582 g/mol. The van der Waals surface area contributed by atoms with Crippen LogP contribution in [0.1, 0.15) is 41.5 Å². The van der Waals surface area contributed by atoms with Crippen molar-refractivity contribution in [2.24, 2.45) is 5.73 Å². The molecule has 4 N–H and O–H groups in total. The molecule has 226 valence electrons. The molecule has 5 rings (SSSR count). The van der Waals surface area contributed by atoms with Crippen LogP contribution in [0.15, 0.2) is 55.1 Å². The maximum Gasteiger partial charge on any atom is 0.271 e. The summed E-state index contributed by atoms with van der Waals surface area (Å²) in [5.41, 5.74) is 11.6. The summed E-state index contributed by atoms with van der Waals surface area (Å²) in [6.45, 7) is 14.3. The molecule has 2 amide bonds. The van der Waals surface area contributed by atoms with Crippen molar-refractivity contribution in [3.8, 4) is 11.3 Å². The van der Waals surface area contributed by atoms with Crippen LogP contribution in [0.3, 0.4) is 0 Å². The summed E-state index contributed by atoms with van der Waals surface area (Å²) < 4.78 is 0. The van der Waals surface area contributed by atoms with Gasteiger partial charge in [0.15, 0.2) is 11.5 Å². The van der Waals surface area contributed by atoms with Crippen molar-refractivity contribution in [3.63, 3.8) is 0 Å². The van der Waals surface area contributed by atoms with E-state index in [1.54, 1.807) is 6.07 Å². The van der Waals surface area contributed by atoms with Crippen molar-refractivity contribution >= 4 is 34.7 Å². The van der Waals surface area contributed by atoms with Crippen molar-refractivity contribution in [2.75, 3.05) is 61.8 Å². The fourth-order valence-electron chi connectivity index (χ4n) is 6.03. The van der Waals surface area contributed by atoms with E-state index in [1.165, 1.54) is 24.6 Å². The van der Waals surface area contributed by atoms with E-state index >= 15 is 0 Å². The van der Waals surface area contributed by atoms with Crippen LogP contribution in [0.4, 0.5) is 22.9 Å². The van der Waals surface area contributed by atoms with Crippen molar-refractivity contribution < 1.29 is 9.59 Å². The highest BCUT2D eigenvalue weighted by molar-refractivity contribution is 5.99. The summed E-state index contributed by atoms with van der Waals surface area (Å²) in [6.07, 6.45) is 4.11. The van der Waals surface area contributed by atoms with Gasteiger partial charge < -0.3 is 26.2 Å². The summed E-state index contributed by atoms with van der Waals surface area (Å²) in [6, 6.07) is 14.2. The number of hydrogen-bond donors (Lipinski definition) is 3. The molecular formula is C33H42N8O2. The van der Waals surface area contributed by atoms with Crippen LogP contribution in [0.25, 0.3) is 11.3 Å². The van der Waals surface area contributed by atoms with E-state index in [1.807, 2.05) is 31.2 Å². The van der Waals surface area contributed by atoms with E-state index in [2.05, 4.69) is 63.0 Å². The molecule has 2 aliphatic heterocycles. The van der Waals surface area contributed by atoms with Crippen LogP contribution < -0.4 is 21.3 Å². The van der Waals surface area contributed by atoms with Crippen LogP contribution >= 0.6 is 0 Å². The number of carbonyl (C=O) groups is 2. The fraction of sp³-hybridized carbons (Fsp3) is 0.394. The van der Waals surface area contributed by atoms with Gasteiger partial charge in [-0.1, -0.05) is 25.6 Å². The summed E-state index contributed by atoms with van der Waals surface area (Å²) in [4.78, 5) is 41.3. The van der Waals surface area contributed by atoms with Crippen molar-refractivity contribution in [2.45, 2.75) is 39.2 Å². The number of rotatable bonds is 9. The first-order valence-corrected chi connectivity index (χ1v) is 15.1. The van der Waals surface area contributed by atoms with Gasteiger partial charge in [0.1, 0.15) is 0 Å². The first-order valence-electron chi connectivity index (χ1n) is 15.1. The molecule has 10 heteroatoms. The van der Waals surface area contributed by atoms with Gasteiger partial charge in [-0.2, -0.15) is 0 Å². The molecule has 0 spiro atoms. The number of aryl methyl sites for hydroxylation is 2. The van der Waals surface area contributed by atoms with Crippen LogP contribution in [-0.4, -0.2) is 83.9 Å². The van der Waals surface area contributed by atoms with Gasteiger partial charge >= 0.3 is 0 Å². The summed E-state index contributed by atoms with van der Waals surface area (Å²) >= 11 is 0. The normalized spacial score (nSPS) is 16.6. The number of nitrogens with one attached hydrogen (secondary N) is 2. The second kappa shape index (κ2) is 13.4. The minimum absolute atomic E-state index is 0.0874. The van der Waals surface area contributed by atoms with E-state index in [0.29, 0.717) is 35.4 Å². The van der Waals surface area contributed by atoms with E-state index in [4.69, 9.17) is 10.7 Å². The topological polar surface area (TPSA) is 120 Å². The maximum atomic E-state index is 12.4. The van der Waals surface area contributed by atoms with Gasteiger partial charge in [-0.05, 0) is 75.2 Å². The Balaban J connectivity index is 1.35. The highest BCUT2D eigenvalue weighted by Gasteiger charge is 2.27. The first-order chi connectivity index (χ1) is 20.7. The zero-order chi connectivity index (χ0) is 30.5. The van der Waals surface area contributed by atoms with Gasteiger partial charge in [0.25, 0.3) is 5.91 Å². The molecule has 2 aliphatic rings. The standard InChI is InChI=1S/C33H42N8O2/c1-5-27-30(23-8-7-9-24(21-23)35-29(42)6-2)38-33(31(37-27)32(34)43)36-25-10-11-28(22(3)20-25)41-14-12-26(13-15-41)40-18-16-39(4)17-19-40/h6-11,20-21,26H,2,5,12-19H2,1,3-4H3,(H2,34,43)(H,35,42)(H,36,38). The maximum absolute atomic E-state index is 12.4. The molecule has 0 saturated carbocycles. The van der Waals surface area contributed by atoms with Gasteiger partial charge in [0.05, 0.1) is 11.4 Å². The number of likely N-dealkylation sites (N-methyl/N-ethyl adjacent to an activating group) is 1. The lowest BCUT2D eigenvalue weighted by molar-refractivity contribution is -0.111. The molecule has 0 unspecified atom stereocenters. The molecule has 0 aliphatic carbocycles. The van der Waals surface area contributed by atoms with E-state index in [9.17, 15) is 9.59 Å². The Morgan fingerprint density at radius 2 is 1.77 bits per heavy atom. The van der Waals surface area contributed by atoms with Crippen LogP contribution in [-0.2, 0) is 11.2 Å². The van der Waals surface area contributed by atoms with E-state index in [-0.39, 0.29) is 11.6 Å². The number of primary amides is 1. The third-order valence-electron chi connectivity index (χ3n) is 8.44. The number of piperazine rings is 1. The molecule has 1 aromatic heterocycles. The van der Waals surface area contributed by atoms with Crippen LogP contribution in [0.2, 0.25) is 0 Å². The second-order valence-corrected chi connectivity index (χ2v) is 11.4. The Morgan fingerprint density at radius 3 is 2.42 bits per heavy atom.